The van der Waals surface area contributed by atoms with E-state index in [0.29, 0.717) is 5.56 Å². The number of hydroxylamine groups is 2. The van der Waals surface area contributed by atoms with Crippen LogP contribution in [0.1, 0.15) is 5.56 Å². The fraction of sp³-hybridized carbons (Fsp3) is 0.333. The predicted molar refractivity (Wildman–Crippen MR) is 46.2 cm³/mol. The van der Waals surface area contributed by atoms with E-state index in [1.54, 1.807) is 0 Å². The number of ether oxygens (including phenoxy) is 1. The highest BCUT2D eigenvalue weighted by Gasteiger charge is 2.11. The number of halogens is 2. The molecule has 14 heavy (non-hydrogen) atoms. The summed E-state index contributed by atoms with van der Waals surface area (Å²) in [6.45, 7) is 0.105. The van der Waals surface area contributed by atoms with Gasteiger partial charge in [-0.2, -0.15) is 9.45 Å². The van der Waals surface area contributed by atoms with E-state index in [1.807, 2.05) is 0 Å². The lowest BCUT2D eigenvalue weighted by Gasteiger charge is -2.10. The van der Waals surface area contributed by atoms with Gasteiger partial charge in [0, 0.05) is 13.6 Å². The largest absolute Gasteiger partial charge is 0.494 e. The van der Waals surface area contributed by atoms with Gasteiger partial charge in [0.05, 0.1) is 7.11 Å². The summed E-state index contributed by atoms with van der Waals surface area (Å²) in [6, 6.07) is 2.36. The standard InChI is InChI=1S/C9H11F2NO2/c1-12(13)5-6-3-7(10)9(11)8(4-6)14-2/h3-4,13H,5H2,1-2H3. The molecule has 0 bridgehead atoms. The molecule has 1 rings (SSSR count). The van der Waals surface area contributed by atoms with Gasteiger partial charge in [-0.3, -0.25) is 0 Å². The first kappa shape index (κ1) is 10.9. The zero-order valence-corrected chi connectivity index (χ0v) is 7.92. The Kier molecular flexibility index (Phi) is 3.38. The number of benzene rings is 1. The van der Waals surface area contributed by atoms with E-state index in [2.05, 4.69) is 4.74 Å². The number of methoxy groups -OCH3 is 1. The van der Waals surface area contributed by atoms with E-state index in [0.717, 1.165) is 11.1 Å². The molecule has 0 aromatic heterocycles. The first-order valence-corrected chi connectivity index (χ1v) is 3.96. The van der Waals surface area contributed by atoms with E-state index in [9.17, 15) is 8.78 Å². The minimum atomic E-state index is -1.02. The molecule has 0 aliphatic carbocycles. The first-order valence-electron chi connectivity index (χ1n) is 3.96. The summed E-state index contributed by atoms with van der Waals surface area (Å²) in [4.78, 5) is 0. The summed E-state index contributed by atoms with van der Waals surface area (Å²) in [5.41, 5.74) is 0.436. The van der Waals surface area contributed by atoms with Crippen LogP contribution in [-0.4, -0.2) is 24.4 Å². The monoisotopic (exact) mass is 203 g/mol. The average molecular weight is 203 g/mol. The molecule has 0 spiro atoms. The van der Waals surface area contributed by atoms with Crippen molar-refractivity contribution in [2.75, 3.05) is 14.2 Å². The molecule has 0 atom stereocenters. The summed E-state index contributed by atoms with van der Waals surface area (Å²) in [5.74, 6) is -2.17. The molecule has 5 heteroatoms. The SMILES string of the molecule is COc1cc(CN(C)O)cc(F)c1F. The van der Waals surface area contributed by atoms with Crippen LogP contribution in [0.4, 0.5) is 8.78 Å². The molecule has 1 N–H and O–H groups in total. The van der Waals surface area contributed by atoms with Crippen molar-refractivity contribution in [2.45, 2.75) is 6.54 Å². The van der Waals surface area contributed by atoms with Crippen molar-refractivity contribution in [1.82, 2.24) is 5.06 Å². The quantitative estimate of drug-likeness (QED) is 0.760. The van der Waals surface area contributed by atoms with Gasteiger partial charge in [0.15, 0.2) is 11.6 Å². The number of hydrogen-bond donors (Lipinski definition) is 1. The maximum atomic E-state index is 12.9. The fourth-order valence-electron chi connectivity index (χ4n) is 1.12. The minimum absolute atomic E-state index is 0.105. The highest BCUT2D eigenvalue weighted by molar-refractivity contribution is 5.31. The Morgan fingerprint density at radius 3 is 2.57 bits per heavy atom. The van der Waals surface area contributed by atoms with E-state index in [-0.39, 0.29) is 12.3 Å². The summed E-state index contributed by atoms with van der Waals surface area (Å²) < 4.78 is 30.5. The second-order valence-corrected chi connectivity index (χ2v) is 2.91. The van der Waals surface area contributed by atoms with Crippen molar-refractivity contribution in [1.29, 1.82) is 0 Å². The van der Waals surface area contributed by atoms with Crippen molar-refractivity contribution in [3.63, 3.8) is 0 Å². The zero-order chi connectivity index (χ0) is 10.7. The van der Waals surface area contributed by atoms with Crippen LogP contribution in [0.15, 0.2) is 12.1 Å². The van der Waals surface area contributed by atoms with Crippen LogP contribution in [-0.2, 0) is 6.54 Å². The van der Waals surface area contributed by atoms with E-state index in [1.165, 1.54) is 20.2 Å². The molecule has 1 aromatic carbocycles. The van der Waals surface area contributed by atoms with Crippen molar-refractivity contribution < 1.29 is 18.7 Å². The van der Waals surface area contributed by atoms with Gasteiger partial charge >= 0.3 is 0 Å². The Morgan fingerprint density at radius 2 is 2.07 bits per heavy atom. The molecule has 0 saturated carbocycles. The Balaban J connectivity index is 3.03. The van der Waals surface area contributed by atoms with Crippen LogP contribution in [0.3, 0.4) is 0 Å². The molecule has 0 fully saturated rings. The summed E-state index contributed by atoms with van der Waals surface area (Å²) in [6.07, 6.45) is 0. The maximum Gasteiger partial charge on any atom is 0.200 e. The van der Waals surface area contributed by atoms with Crippen molar-refractivity contribution in [3.05, 3.63) is 29.3 Å². The zero-order valence-electron chi connectivity index (χ0n) is 7.92. The summed E-state index contributed by atoms with van der Waals surface area (Å²) in [5, 5.41) is 9.77. The van der Waals surface area contributed by atoms with Gasteiger partial charge in [-0.15, -0.1) is 0 Å². The predicted octanol–water partition coefficient (Wildman–Crippen LogP) is 1.79. The molecule has 3 nitrogen and oxygen atoms in total. The highest BCUT2D eigenvalue weighted by atomic mass is 19.2. The Labute approximate surface area is 80.5 Å². The van der Waals surface area contributed by atoms with Crippen LogP contribution in [0.25, 0.3) is 0 Å². The summed E-state index contributed by atoms with van der Waals surface area (Å²) in [7, 11) is 2.66. The molecule has 0 saturated heterocycles. The first-order chi connectivity index (χ1) is 6.54. The Morgan fingerprint density at radius 1 is 1.43 bits per heavy atom. The van der Waals surface area contributed by atoms with E-state index in [4.69, 9.17) is 5.21 Å². The lowest BCUT2D eigenvalue weighted by molar-refractivity contribution is -0.0732. The topological polar surface area (TPSA) is 32.7 Å². The molecule has 0 amide bonds. The van der Waals surface area contributed by atoms with Crippen LogP contribution in [0.2, 0.25) is 0 Å². The van der Waals surface area contributed by atoms with Gasteiger partial charge in [-0.1, -0.05) is 0 Å². The molecular weight excluding hydrogens is 192 g/mol. The smallest absolute Gasteiger partial charge is 0.200 e. The maximum absolute atomic E-state index is 12.9. The van der Waals surface area contributed by atoms with Gasteiger partial charge in [0.1, 0.15) is 0 Å². The third-order valence-electron chi connectivity index (χ3n) is 1.69. The lowest BCUT2D eigenvalue weighted by atomic mass is 10.2. The van der Waals surface area contributed by atoms with Crippen molar-refractivity contribution >= 4 is 0 Å². The molecule has 0 heterocycles. The minimum Gasteiger partial charge on any atom is -0.494 e. The molecule has 1 aromatic rings. The van der Waals surface area contributed by atoms with Gasteiger partial charge in [-0.05, 0) is 17.7 Å². The van der Waals surface area contributed by atoms with Crippen LogP contribution >= 0.6 is 0 Å². The second-order valence-electron chi connectivity index (χ2n) is 2.91. The van der Waals surface area contributed by atoms with Crippen LogP contribution in [0.5, 0.6) is 5.75 Å². The molecular formula is C9H11F2NO2. The molecule has 0 unspecified atom stereocenters. The summed E-state index contributed by atoms with van der Waals surface area (Å²) >= 11 is 0. The third-order valence-corrected chi connectivity index (χ3v) is 1.69. The highest BCUT2D eigenvalue weighted by Crippen LogP contribution is 2.22. The van der Waals surface area contributed by atoms with E-state index >= 15 is 0 Å². The van der Waals surface area contributed by atoms with Gasteiger partial charge in [0.25, 0.3) is 0 Å². The number of nitrogens with zero attached hydrogens (tertiary/aromatic N) is 1. The van der Waals surface area contributed by atoms with Crippen LogP contribution in [0, 0.1) is 11.6 Å². The Bertz CT molecular complexity index is 329. The number of rotatable bonds is 3. The third kappa shape index (κ3) is 2.40. The van der Waals surface area contributed by atoms with Gasteiger partial charge < -0.3 is 9.94 Å². The van der Waals surface area contributed by atoms with Gasteiger partial charge in [0.2, 0.25) is 5.82 Å². The molecule has 0 radical (unpaired) electrons. The Hall–Kier alpha value is -1.20. The normalized spacial score (nSPS) is 10.7. The molecule has 0 aliphatic heterocycles. The lowest BCUT2D eigenvalue weighted by Crippen LogP contribution is -2.12. The fourth-order valence-corrected chi connectivity index (χ4v) is 1.12. The molecule has 0 aliphatic rings. The van der Waals surface area contributed by atoms with E-state index < -0.39 is 11.6 Å². The van der Waals surface area contributed by atoms with Crippen LogP contribution < -0.4 is 4.74 Å². The van der Waals surface area contributed by atoms with Crippen molar-refractivity contribution in [2.24, 2.45) is 0 Å². The second kappa shape index (κ2) is 4.34. The van der Waals surface area contributed by atoms with Gasteiger partial charge in [-0.25, -0.2) is 4.39 Å². The number of hydrogen-bond acceptors (Lipinski definition) is 3. The average Bonchev–Trinajstić information content (AvgIpc) is 2.10. The van der Waals surface area contributed by atoms with Crippen molar-refractivity contribution in [3.8, 4) is 5.75 Å². The molecule has 78 valence electrons.